The normalized spacial score (nSPS) is 13.9. The molecule has 2 aromatic heterocycles. The Labute approximate surface area is 307 Å². The van der Waals surface area contributed by atoms with Gasteiger partial charge in [0.25, 0.3) is 0 Å². The monoisotopic (exact) mass is 680 g/mol. The second-order valence-corrected chi connectivity index (χ2v) is 18.9. The Balaban J connectivity index is 1.40. The molecule has 0 N–H and O–H groups in total. The second kappa shape index (κ2) is 11.0. The van der Waals surface area contributed by atoms with Gasteiger partial charge in [0, 0.05) is 43.5 Å². The van der Waals surface area contributed by atoms with E-state index < -0.39 is 0 Å². The van der Waals surface area contributed by atoms with Crippen LogP contribution >= 0.6 is 11.8 Å². The van der Waals surface area contributed by atoms with Crippen molar-refractivity contribution in [3.8, 4) is 28.1 Å². The summed E-state index contributed by atoms with van der Waals surface area (Å²) in [5.74, 6) is 0. The SMILES string of the molecule is CC(C)(C)c1ccc2c(c1)B1c3c(cc(-c4ccnc(-c5ccccc5)c4)cc3-n3c4ccc(C(C)(C)C)cc4c4cc(C(C)(C)C)cc1c43)S2. The molecule has 2 nitrogen and oxygen atoms in total. The van der Waals surface area contributed by atoms with E-state index in [2.05, 4.69) is 170 Å². The number of rotatable bonds is 2. The molecule has 2 aliphatic rings. The molecule has 0 amide bonds. The first kappa shape index (κ1) is 32.4. The molecule has 0 unspecified atom stereocenters. The number of benzene rings is 5. The summed E-state index contributed by atoms with van der Waals surface area (Å²) in [6.07, 6.45) is 1.96. The highest BCUT2D eigenvalue weighted by Crippen LogP contribution is 2.43. The first-order valence-electron chi connectivity index (χ1n) is 18.3. The average Bonchev–Trinajstić information content (AvgIpc) is 3.43. The van der Waals surface area contributed by atoms with Crippen LogP contribution in [0, 0.1) is 0 Å². The van der Waals surface area contributed by atoms with E-state index in [4.69, 9.17) is 4.98 Å². The van der Waals surface area contributed by atoms with Crippen LogP contribution in [-0.4, -0.2) is 16.3 Å². The highest BCUT2D eigenvalue weighted by molar-refractivity contribution is 8.00. The van der Waals surface area contributed by atoms with Crippen LogP contribution in [0.25, 0.3) is 49.9 Å². The zero-order valence-corrected chi connectivity index (χ0v) is 32.1. The summed E-state index contributed by atoms with van der Waals surface area (Å²) >= 11 is 1.94. The number of nitrogens with zero attached hydrogens (tertiary/aromatic N) is 2. The number of hydrogen-bond acceptors (Lipinski definition) is 2. The van der Waals surface area contributed by atoms with Crippen LogP contribution in [0.3, 0.4) is 0 Å². The van der Waals surface area contributed by atoms with E-state index in [0.29, 0.717) is 0 Å². The van der Waals surface area contributed by atoms with Gasteiger partial charge in [0.1, 0.15) is 0 Å². The van der Waals surface area contributed by atoms with Crippen molar-refractivity contribution >= 4 is 56.7 Å². The van der Waals surface area contributed by atoms with E-state index in [1.165, 1.54) is 81.5 Å². The molecular weight excluding hydrogens is 635 g/mol. The van der Waals surface area contributed by atoms with Gasteiger partial charge in [-0.1, -0.05) is 134 Å². The summed E-state index contributed by atoms with van der Waals surface area (Å²) in [6.45, 7) is 21.2. The quantitative estimate of drug-likeness (QED) is 0.169. The predicted octanol–water partition coefficient (Wildman–Crippen LogP) is 10.7. The maximum Gasteiger partial charge on any atom is 0.249 e. The maximum absolute atomic E-state index is 4.79. The number of aromatic nitrogens is 2. The summed E-state index contributed by atoms with van der Waals surface area (Å²) < 4.78 is 2.61. The predicted molar refractivity (Wildman–Crippen MR) is 221 cm³/mol. The van der Waals surface area contributed by atoms with Gasteiger partial charge in [-0.2, -0.15) is 0 Å². The van der Waals surface area contributed by atoms with Gasteiger partial charge in [0.2, 0.25) is 6.71 Å². The van der Waals surface area contributed by atoms with Gasteiger partial charge in [-0.05, 0) is 104 Å². The molecule has 7 aromatic rings. The summed E-state index contributed by atoms with van der Waals surface area (Å²) in [5.41, 5.74) is 17.0. The minimum absolute atomic E-state index is 0.00499. The first-order valence-corrected chi connectivity index (χ1v) is 19.1. The molecular formula is C47H45BN2S. The average molecular weight is 681 g/mol. The molecule has 0 atom stereocenters. The minimum atomic E-state index is 0.00499. The van der Waals surface area contributed by atoms with Crippen molar-refractivity contribution in [2.45, 2.75) is 88.3 Å². The standard InChI is InChI=1S/C47H45BN2S/c1-45(2,3)31-15-17-39-34(24-31)35-25-33(47(7,8)9)27-37-44(35)50(39)40-22-30(29-19-20-49-38(21-29)28-13-11-10-12-14-28)23-42-43(40)48(37)36-26-32(46(4,5)6)16-18-41(36)51-42/h10-27H,1-9H3. The molecule has 5 aromatic carbocycles. The highest BCUT2D eigenvalue weighted by atomic mass is 32.2. The molecule has 51 heavy (non-hydrogen) atoms. The number of pyridine rings is 1. The number of hydrogen-bond donors (Lipinski definition) is 0. The van der Waals surface area contributed by atoms with E-state index in [-0.39, 0.29) is 23.0 Å². The molecule has 2 aliphatic heterocycles. The molecule has 0 fully saturated rings. The minimum Gasteiger partial charge on any atom is -0.310 e. The highest BCUT2D eigenvalue weighted by Gasteiger charge is 2.41. The van der Waals surface area contributed by atoms with Crippen LogP contribution in [0.5, 0.6) is 0 Å². The topological polar surface area (TPSA) is 17.8 Å². The number of fused-ring (bicyclic) bond motifs is 7. The van der Waals surface area contributed by atoms with E-state index in [1.54, 1.807) is 0 Å². The van der Waals surface area contributed by atoms with Gasteiger partial charge in [-0.3, -0.25) is 4.98 Å². The van der Waals surface area contributed by atoms with Crippen molar-refractivity contribution in [2.24, 2.45) is 0 Å². The zero-order chi connectivity index (χ0) is 35.6. The summed E-state index contributed by atoms with van der Waals surface area (Å²) in [6, 6.07) is 39.4. The lowest BCUT2D eigenvalue weighted by Crippen LogP contribution is -2.59. The Hall–Kier alpha value is -4.54. The smallest absolute Gasteiger partial charge is 0.249 e. The largest absolute Gasteiger partial charge is 0.310 e. The van der Waals surface area contributed by atoms with Crippen molar-refractivity contribution in [2.75, 3.05) is 0 Å². The lowest BCUT2D eigenvalue weighted by molar-refractivity contribution is 0.590. The maximum atomic E-state index is 4.79. The Kier molecular flexibility index (Phi) is 6.97. The summed E-state index contributed by atoms with van der Waals surface area (Å²) in [5, 5.41) is 2.70. The molecule has 0 saturated carbocycles. The lowest BCUT2D eigenvalue weighted by atomic mass is 9.35. The molecule has 4 heteroatoms. The fourth-order valence-electron chi connectivity index (χ4n) is 8.19. The first-order chi connectivity index (χ1) is 24.2. The molecule has 0 radical (unpaired) electrons. The zero-order valence-electron chi connectivity index (χ0n) is 31.3. The van der Waals surface area contributed by atoms with Crippen LogP contribution in [-0.2, 0) is 16.2 Å². The van der Waals surface area contributed by atoms with Crippen LogP contribution < -0.4 is 16.4 Å². The Bertz CT molecular complexity index is 2560. The molecule has 252 valence electrons. The molecule has 0 bridgehead atoms. The van der Waals surface area contributed by atoms with Crippen molar-refractivity contribution in [1.82, 2.24) is 9.55 Å². The van der Waals surface area contributed by atoms with Gasteiger partial charge in [0.15, 0.2) is 0 Å². The Morgan fingerprint density at radius 2 is 1.22 bits per heavy atom. The van der Waals surface area contributed by atoms with Crippen LogP contribution in [0.15, 0.2) is 119 Å². The fourth-order valence-corrected chi connectivity index (χ4v) is 9.38. The second-order valence-electron chi connectivity index (χ2n) is 17.8. The third-order valence-electron chi connectivity index (χ3n) is 11.2. The van der Waals surface area contributed by atoms with E-state index in [0.717, 1.165) is 11.3 Å². The fraction of sp³-hybridized carbons (Fsp3) is 0.255. The van der Waals surface area contributed by atoms with Crippen LogP contribution in [0.2, 0.25) is 0 Å². The molecule has 0 spiro atoms. The van der Waals surface area contributed by atoms with Crippen molar-refractivity contribution in [3.63, 3.8) is 0 Å². The summed E-state index contributed by atoms with van der Waals surface area (Å²) in [7, 11) is 0. The van der Waals surface area contributed by atoms with Gasteiger partial charge >= 0.3 is 0 Å². The van der Waals surface area contributed by atoms with E-state index >= 15 is 0 Å². The van der Waals surface area contributed by atoms with Crippen molar-refractivity contribution in [3.05, 3.63) is 126 Å². The van der Waals surface area contributed by atoms with E-state index in [1.807, 2.05) is 18.0 Å². The van der Waals surface area contributed by atoms with Gasteiger partial charge < -0.3 is 4.57 Å². The lowest BCUT2D eigenvalue weighted by Gasteiger charge is -2.35. The van der Waals surface area contributed by atoms with Gasteiger partial charge in [0.05, 0.1) is 11.2 Å². The van der Waals surface area contributed by atoms with Crippen LogP contribution in [0.1, 0.15) is 79.0 Å². The third-order valence-corrected chi connectivity index (χ3v) is 12.3. The van der Waals surface area contributed by atoms with Gasteiger partial charge in [-0.25, -0.2) is 0 Å². The van der Waals surface area contributed by atoms with Crippen molar-refractivity contribution in [1.29, 1.82) is 0 Å². The van der Waals surface area contributed by atoms with Gasteiger partial charge in [-0.15, -0.1) is 0 Å². The van der Waals surface area contributed by atoms with E-state index in [9.17, 15) is 0 Å². The van der Waals surface area contributed by atoms with Crippen molar-refractivity contribution < 1.29 is 0 Å². The molecule has 0 aliphatic carbocycles. The molecule has 9 rings (SSSR count). The van der Waals surface area contributed by atoms with Crippen LogP contribution in [0.4, 0.5) is 0 Å². The third kappa shape index (κ3) is 5.12. The Morgan fingerprint density at radius 1 is 0.549 bits per heavy atom. The molecule has 0 saturated heterocycles. The molecule has 4 heterocycles. The Morgan fingerprint density at radius 3 is 1.94 bits per heavy atom. The summed E-state index contributed by atoms with van der Waals surface area (Å²) in [4.78, 5) is 7.49.